The van der Waals surface area contributed by atoms with E-state index in [0.29, 0.717) is 33.6 Å². The third kappa shape index (κ3) is 3.82. The number of hydrogen-bond donors (Lipinski definition) is 0. The molecule has 1 aromatic heterocycles. The Morgan fingerprint density at radius 1 is 0.767 bits per heavy atom. The van der Waals surface area contributed by atoms with Crippen molar-refractivity contribution in [3.8, 4) is 28.0 Å². The standard InChI is InChI=1S/C23H21NO6/c1-24-13-18(14-5-9-16(10-6-14)22(26)29-3)20(28-2)19(21(24)25)15-7-11-17(12-8-15)23(27)30-4/h5-13H,1-4H3. The molecule has 30 heavy (non-hydrogen) atoms. The molecule has 0 N–H and O–H groups in total. The van der Waals surface area contributed by atoms with Gasteiger partial charge < -0.3 is 18.8 Å². The van der Waals surface area contributed by atoms with Gasteiger partial charge in [0.15, 0.2) is 0 Å². The van der Waals surface area contributed by atoms with Crippen molar-refractivity contribution in [2.45, 2.75) is 0 Å². The first-order chi connectivity index (χ1) is 14.4. The second-order valence-electron chi connectivity index (χ2n) is 6.50. The van der Waals surface area contributed by atoms with E-state index < -0.39 is 11.9 Å². The molecular formula is C23H21NO6. The molecule has 7 heteroatoms. The number of carbonyl (C=O) groups excluding carboxylic acids is 2. The van der Waals surface area contributed by atoms with Crippen molar-refractivity contribution in [2.24, 2.45) is 7.05 Å². The summed E-state index contributed by atoms with van der Waals surface area (Å²) in [5.74, 6) is -0.490. The van der Waals surface area contributed by atoms with Gasteiger partial charge in [-0.3, -0.25) is 4.79 Å². The van der Waals surface area contributed by atoms with Crippen molar-refractivity contribution in [2.75, 3.05) is 21.3 Å². The number of esters is 2. The lowest BCUT2D eigenvalue weighted by molar-refractivity contribution is 0.0592. The van der Waals surface area contributed by atoms with Gasteiger partial charge in [-0.05, 0) is 35.4 Å². The Balaban J connectivity index is 2.16. The summed E-state index contributed by atoms with van der Waals surface area (Å²) >= 11 is 0. The van der Waals surface area contributed by atoms with Crippen LogP contribution in [-0.4, -0.2) is 37.8 Å². The van der Waals surface area contributed by atoms with Crippen molar-refractivity contribution in [3.05, 3.63) is 76.2 Å². The molecule has 0 unspecified atom stereocenters. The molecule has 0 aliphatic rings. The van der Waals surface area contributed by atoms with Crippen molar-refractivity contribution in [3.63, 3.8) is 0 Å². The van der Waals surface area contributed by atoms with E-state index in [1.807, 2.05) is 0 Å². The molecule has 1 heterocycles. The van der Waals surface area contributed by atoms with E-state index in [4.69, 9.17) is 14.2 Å². The SMILES string of the molecule is COC(=O)c1ccc(-c2cn(C)c(=O)c(-c3ccc(C(=O)OC)cc3)c2OC)cc1. The van der Waals surface area contributed by atoms with Crippen LogP contribution in [0.1, 0.15) is 20.7 Å². The van der Waals surface area contributed by atoms with Crippen LogP contribution in [0.3, 0.4) is 0 Å². The summed E-state index contributed by atoms with van der Waals surface area (Å²) in [5, 5.41) is 0. The molecule has 0 saturated carbocycles. The van der Waals surface area contributed by atoms with E-state index >= 15 is 0 Å². The predicted octanol–water partition coefficient (Wildman–Crippen LogP) is 3.30. The highest BCUT2D eigenvalue weighted by molar-refractivity contribution is 5.91. The molecule has 0 atom stereocenters. The molecule has 2 aromatic carbocycles. The van der Waals surface area contributed by atoms with Crippen LogP contribution in [-0.2, 0) is 16.5 Å². The third-order valence-electron chi connectivity index (χ3n) is 4.74. The summed E-state index contributed by atoms with van der Waals surface area (Å²) in [7, 11) is 5.78. The van der Waals surface area contributed by atoms with Crippen molar-refractivity contribution < 1.29 is 23.8 Å². The van der Waals surface area contributed by atoms with Crippen LogP contribution in [0.4, 0.5) is 0 Å². The number of methoxy groups -OCH3 is 3. The largest absolute Gasteiger partial charge is 0.495 e. The van der Waals surface area contributed by atoms with Crippen LogP contribution in [0.25, 0.3) is 22.3 Å². The van der Waals surface area contributed by atoms with Gasteiger partial charge in [0, 0.05) is 18.8 Å². The van der Waals surface area contributed by atoms with Gasteiger partial charge in [-0.2, -0.15) is 0 Å². The summed E-state index contributed by atoms with van der Waals surface area (Å²) in [6.45, 7) is 0. The first-order valence-corrected chi connectivity index (χ1v) is 9.06. The van der Waals surface area contributed by atoms with Crippen LogP contribution in [0.15, 0.2) is 59.5 Å². The van der Waals surface area contributed by atoms with Crippen molar-refractivity contribution >= 4 is 11.9 Å². The maximum atomic E-state index is 12.9. The maximum Gasteiger partial charge on any atom is 0.337 e. The number of benzene rings is 2. The minimum absolute atomic E-state index is 0.243. The Bertz CT molecular complexity index is 1140. The molecule has 3 aromatic rings. The fraction of sp³-hybridized carbons (Fsp3) is 0.174. The predicted molar refractivity (Wildman–Crippen MR) is 112 cm³/mol. The van der Waals surface area contributed by atoms with E-state index in [9.17, 15) is 14.4 Å². The second-order valence-corrected chi connectivity index (χ2v) is 6.50. The van der Waals surface area contributed by atoms with Gasteiger partial charge in [0.25, 0.3) is 5.56 Å². The van der Waals surface area contributed by atoms with E-state index in [0.717, 1.165) is 5.56 Å². The zero-order valence-corrected chi connectivity index (χ0v) is 17.1. The van der Waals surface area contributed by atoms with Crippen LogP contribution >= 0.6 is 0 Å². The minimum Gasteiger partial charge on any atom is -0.495 e. The van der Waals surface area contributed by atoms with Gasteiger partial charge >= 0.3 is 11.9 Å². The molecular weight excluding hydrogens is 386 g/mol. The molecule has 0 saturated heterocycles. The first kappa shape index (κ1) is 20.9. The fourth-order valence-electron chi connectivity index (χ4n) is 3.19. The van der Waals surface area contributed by atoms with Crippen LogP contribution in [0, 0.1) is 0 Å². The lowest BCUT2D eigenvalue weighted by Crippen LogP contribution is -2.19. The maximum absolute atomic E-state index is 12.9. The number of rotatable bonds is 5. The Morgan fingerprint density at radius 2 is 1.23 bits per heavy atom. The molecule has 0 amide bonds. The highest BCUT2D eigenvalue weighted by Gasteiger charge is 2.19. The molecule has 0 fully saturated rings. The van der Waals surface area contributed by atoms with Crippen molar-refractivity contribution in [1.82, 2.24) is 4.57 Å². The van der Waals surface area contributed by atoms with Gasteiger partial charge in [-0.25, -0.2) is 9.59 Å². The number of aryl methyl sites for hydroxylation is 1. The molecule has 154 valence electrons. The zero-order chi connectivity index (χ0) is 21.8. The summed E-state index contributed by atoms with van der Waals surface area (Å²) in [6.07, 6.45) is 1.68. The number of nitrogens with zero attached hydrogens (tertiary/aromatic N) is 1. The van der Waals surface area contributed by atoms with E-state index in [2.05, 4.69) is 0 Å². The van der Waals surface area contributed by atoms with Crippen LogP contribution in [0.5, 0.6) is 5.75 Å². The lowest BCUT2D eigenvalue weighted by Gasteiger charge is -2.16. The van der Waals surface area contributed by atoms with E-state index in [1.165, 1.54) is 25.9 Å². The monoisotopic (exact) mass is 407 g/mol. The van der Waals surface area contributed by atoms with Crippen LogP contribution < -0.4 is 10.3 Å². The summed E-state index contributed by atoms with van der Waals surface area (Å²) in [4.78, 5) is 36.3. The highest BCUT2D eigenvalue weighted by Crippen LogP contribution is 2.36. The first-order valence-electron chi connectivity index (χ1n) is 9.06. The highest BCUT2D eigenvalue weighted by atomic mass is 16.5. The third-order valence-corrected chi connectivity index (χ3v) is 4.74. The molecule has 0 aliphatic carbocycles. The number of ether oxygens (including phenoxy) is 3. The smallest absolute Gasteiger partial charge is 0.337 e. The molecule has 3 rings (SSSR count). The zero-order valence-electron chi connectivity index (χ0n) is 17.1. The summed E-state index contributed by atoms with van der Waals surface area (Å²) in [5.41, 5.74) is 2.98. The average molecular weight is 407 g/mol. The summed E-state index contributed by atoms with van der Waals surface area (Å²) in [6, 6.07) is 13.4. The van der Waals surface area contributed by atoms with E-state index in [-0.39, 0.29) is 5.56 Å². The number of carbonyl (C=O) groups is 2. The van der Waals surface area contributed by atoms with Gasteiger partial charge in [-0.1, -0.05) is 24.3 Å². The fourth-order valence-corrected chi connectivity index (χ4v) is 3.19. The van der Waals surface area contributed by atoms with Gasteiger partial charge in [0.05, 0.1) is 38.0 Å². The Kier molecular flexibility index (Phi) is 6.01. The van der Waals surface area contributed by atoms with Crippen molar-refractivity contribution in [1.29, 1.82) is 0 Å². The molecule has 0 spiro atoms. The summed E-state index contributed by atoms with van der Waals surface area (Å²) < 4.78 is 16.5. The lowest BCUT2D eigenvalue weighted by atomic mass is 9.98. The van der Waals surface area contributed by atoms with E-state index in [1.54, 1.807) is 61.8 Å². The minimum atomic E-state index is -0.458. The molecule has 0 radical (unpaired) electrons. The van der Waals surface area contributed by atoms with Gasteiger partial charge in [0.2, 0.25) is 0 Å². The molecule has 0 aliphatic heterocycles. The molecule has 7 nitrogen and oxygen atoms in total. The number of hydrogen-bond acceptors (Lipinski definition) is 6. The topological polar surface area (TPSA) is 83.8 Å². The van der Waals surface area contributed by atoms with Gasteiger partial charge in [0.1, 0.15) is 5.75 Å². The number of pyridine rings is 1. The quantitative estimate of drug-likeness (QED) is 0.604. The molecule has 0 bridgehead atoms. The van der Waals surface area contributed by atoms with Gasteiger partial charge in [-0.15, -0.1) is 0 Å². The Morgan fingerprint density at radius 3 is 1.67 bits per heavy atom. The Hall–Kier alpha value is -3.87. The average Bonchev–Trinajstić information content (AvgIpc) is 2.79. The van der Waals surface area contributed by atoms with Crippen LogP contribution in [0.2, 0.25) is 0 Å². The Labute approximate surface area is 173 Å². The second kappa shape index (κ2) is 8.65. The number of aromatic nitrogens is 1. The normalized spacial score (nSPS) is 10.4.